The molecule has 0 spiro atoms. The van der Waals surface area contributed by atoms with E-state index in [0.717, 1.165) is 0 Å². The molecule has 0 aliphatic heterocycles. The lowest BCUT2D eigenvalue weighted by Gasteiger charge is -2.22. The molecule has 6 nitrogen and oxygen atoms in total. The first kappa shape index (κ1) is 20.2. The minimum atomic E-state index is -3.24. The van der Waals surface area contributed by atoms with Crippen molar-refractivity contribution in [2.24, 2.45) is 5.92 Å². The molecular formula is C18H19F4N3O3. The zero-order valence-corrected chi connectivity index (χ0v) is 15.3. The van der Waals surface area contributed by atoms with E-state index in [0.29, 0.717) is 18.1 Å². The van der Waals surface area contributed by atoms with Crippen LogP contribution < -0.4 is 0 Å². The van der Waals surface area contributed by atoms with Crippen molar-refractivity contribution in [1.82, 2.24) is 15.0 Å². The lowest BCUT2D eigenvalue weighted by atomic mass is 10.1. The van der Waals surface area contributed by atoms with Crippen LogP contribution >= 0.6 is 0 Å². The number of hydrogen-bond donors (Lipinski definition) is 0. The molecule has 1 atom stereocenters. The van der Waals surface area contributed by atoms with Crippen LogP contribution in [0.1, 0.15) is 24.8 Å². The van der Waals surface area contributed by atoms with Crippen molar-refractivity contribution in [1.29, 1.82) is 0 Å². The van der Waals surface area contributed by atoms with Crippen LogP contribution in [0.2, 0.25) is 0 Å². The van der Waals surface area contributed by atoms with Crippen LogP contribution in [-0.2, 0) is 22.0 Å². The summed E-state index contributed by atoms with van der Waals surface area (Å²) in [4.78, 5) is 17.3. The number of hydrogen-bond acceptors (Lipinski definition) is 5. The zero-order chi connectivity index (χ0) is 20.5. The average molecular weight is 401 g/mol. The molecule has 2 aromatic rings. The summed E-state index contributed by atoms with van der Waals surface area (Å²) >= 11 is 0. The Morgan fingerprint density at radius 1 is 1.36 bits per heavy atom. The van der Waals surface area contributed by atoms with Gasteiger partial charge in [0.2, 0.25) is 11.7 Å². The number of ether oxygens (including phenoxy) is 1. The molecule has 10 heteroatoms. The number of nitrogens with zero attached hydrogens (tertiary/aromatic N) is 3. The highest BCUT2D eigenvalue weighted by molar-refractivity contribution is 5.83. The van der Waals surface area contributed by atoms with Gasteiger partial charge in [-0.05, 0) is 5.56 Å². The first-order chi connectivity index (χ1) is 13.1. The molecule has 0 radical (unpaired) electrons. The van der Waals surface area contributed by atoms with Crippen LogP contribution in [0.4, 0.5) is 17.6 Å². The lowest BCUT2D eigenvalue weighted by molar-refractivity contribution is -0.136. The number of alkyl halides is 4. The number of methoxy groups -OCH3 is 1. The highest BCUT2D eigenvalue weighted by atomic mass is 19.3. The van der Waals surface area contributed by atoms with Gasteiger partial charge in [-0.1, -0.05) is 29.4 Å². The third kappa shape index (κ3) is 4.49. The van der Waals surface area contributed by atoms with Crippen molar-refractivity contribution in [2.75, 3.05) is 20.3 Å². The molecule has 0 bridgehead atoms. The van der Waals surface area contributed by atoms with E-state index in [1.54, 1.807) is 24.3 Å². The normalized spacial score (nSPS) is 18.1. The highest BCUT2D eigenvalue weighted by Gasteiger charge is 2.62. The van der Waals surface area contributed by atoms with Crippen molar-refractivity contribution in [3.05, 3.63) is 35.7 Å². The van der Waals surface area contributed by atoms with Gasteiger partial charge in [0.15, 0.2) is 0 Å². The summed E-state index contributed by atoms with van der Waals surface area (Å²) in [5, 5.41) is 3.53. The topological polar surface area (TPSA) is 68.5 Å². The minimum Gasteiger partial charge on any atom is -0.383 e. The number of aromatic nitrogens is 2. The van der Waals surface area contributed by atoms with E-state index in [9.17, 15) is 22.4 Å². The lowest BCUT2D eigenvalue weighted by Crippen LogP contribution is -2.35. The molecule has 152 valence electrons. The Kier molecular flexibility index (Phi) is 5.42. The predicted molar refractivity (Wildman–Crippen MR) is 89.6 cm³/mol. The van der Waals surface area contributed by atoms with Gasteiger partial charge in [-0.2, -0.15) is 13.8 Å². The Hall–Kier alpha value is -2.49. The van der Waals surface area contributed by atoms with Gasteiger partial charge in [-0.3, -0.25) is 4.79 Å². The molecule has 28 heavy (non-hydrogen) atoms. The molecule has 1 aliphatic rings. The molecule has 1 aromatic heterocycles. The van der Waals surface area contributed by atoms with Crippen LogP contribution in [0.15, 0.2) is 28.8 Å². The van der Waals surface area contributed by atoms with E-state index in [1.165, 1.54) is 12.0 Å². The second kappa shape index (κ2) is 7.50. The first-order valence-electron chi connectivity index (χ1n) is 8.58. The minimum absolute atomic E-state index is 0.00742. The van der Waals surface area contributed by atoms with Crippen molar-refractivity contribution in [2.45, 2.75) is 31.7 Å². The number of benzene rings is 1. The molecule has 1 fully saturated rings. The molecular weight excluding hydrogens is 382 g/mol. The third-order valence-corrected chi connectivity index (χ3v) is 4.39. The maximum atomic E-state index is 13.2. The standard InChI is InChI=1S/C18H19F4N3O3/c1-17(19,20)16-23-14(24-28-16)12-5-3-11(4-6-12)10-25(7-8-27-2)15(26)13-9-18(13,21)22/h3-6,13H,7-10H2,1-2H3. The number of amides is 1. The highest BCUT2D eigenvalue weighted by Crippen LogP contribution is 2.49. The summed E-state index contributed by atoms with van der Waals surface area (Å²) in [6.07, 6.45) is -0.434. The second-order valence-electron chi connectivity index (χ2n) is 6.78. The fourth-order valence-electron chi connectivity index (χ4n) is 2.67. The van der Waals surface area contributed by atoms with Gasteiger partial charge in [0.1, 0.15) is 5.92 Å². The Labute approximate surface area is 158 Å². The van der Waals surface area contributed by atoms with Crippen molar-refractivity contribution in [3.63, 3.8) is 0 Å². The van der Waals surface area contributed by atoms with Crippen LogP contribution in [0.5, 0.6) is 0 Å². The van der Waals surface area contributed by atoms with E-state index in [2.05, 4.69) is 14.7 Å². The van der Waals surface area contributed by atoms with Gasteiger partial charge >= 0.3 is 5.92 Å². The smallest absolute Gasteiger partial charge is 0.322 e. The Balaban J connectivity index is 1.70. The third-order valence-electron chi connectivity index (χ3n) is 4.39. The van der Waals surface area contributed by atoms with Gasteiger partial charge in [0.05, 0.1) is 6.61 Å². The summed E-state index contributed by atoms with van der Waals surface area (Å²) in [6.45, 7) is 1.18. The van der Waals surface area contributed by atoms with Crippen molar-refractivity contribution in [3.8, 4) is 11.4 Å². The first-order valence-corrected chi connectivity index (χ1v) is 8.58. The fraction of sp³-hybridized carbons (Fsp3) is 0.500. The van der Waals surface area contributed by atoms with Crippen LogP contribution in [0.3, 0.4) is 0 Å². The number of rotatable bonds is 8. The van der Waals surface area contributed by atoms with Crippen molar-refractivity contribution >= 4 is 5.91 Å². The zero-order valence-electron chi connectivity index (χ0n) is 15.3. The Bertz CT molecular complexity index is 833. The van der Waals surface area contributed by atoms with Crippen LogP contribution in [-0.4, -0.2) is 47.1 Å². The summed E-state index contributed by atoms with van der Waals surface area (Å²) in [5.74, 6) is -8.85. The molecule has 1 unspecified atom stereocenters. The molecule has 1 aliphatic carbocycles. The fourth-order valence-corrected chi connectivity index (χ4v) is 2.67. The van der Waals surface area contributed by atoms with Gasteiger partial charge < -0.3 is 14.2 Å². The van der Waals surface area contributed by atoms with Crippen LogP contribution in [0, 0.1) is 5.92 Å². The molecule has 0 saturated heterocycles. The van der Waals surface area contributed by atoms with E-state index >= 15 is 0 Å². The van der Waals surface area contributed by atoms with E-state index in [1.807, 2.05) is 0 Å². The summed E-state index contributed by atoms with van der Waals surface area (Å²) in [5.41, 5.74) is 1.13. The molecule has 1 heterocycles. The Morgan fingerprint density at radius 3 is 2.50 bits per heavy atom. The summed E-state index contributed by atoms with van der Waals surface area (Å²) < 4.78 is 62.4. The molecule has 3 rings (SSSR count). The maximum absolute atomic E-state index is 13.2. The van der Waals surface area contributed by atoms with E-state index < -0.39 is 36.0 Å². The quantitative estimate of drug-likeness (QED) is 0.634. The van der Waals surface area contributed by atoms with E-state index in [4.69, 9.17) is 4.74 Å². The predicted octanol–water partition coefficient (Wildman–Crippen LogP) is 3.48. The molecule has 1 aromatic carbocycles. The van der Waals surface area contributed by atoms with Crippen molar-refractivity contribution < 1.29 is 31.6 Å². The molecule has 1 saturated carbocycles. The summed E-state index contributed by atoms with van der Waals surface area (Å²) in [6, 6.07) is 6.46. The van der Waals surface area contributed by atoms with Gasteiger partial charge in [0, 0.05) is 39.1 Å². The van der Waals surface area contributed by atoms with Gasteiger partial charge in [-0.15, -0.1) is 0 Å². The van der Waals surface area contributed by atoms with Gasteiger partial charge in [-0.25, -0.2) is 8.78 Å². The van der Waals surface area contributed by atoms with Crippen LogP contribution in [0.25, 0.3) is 11.4 Å². The monoisotopic (exact) mass is 401 g/mol. The number of halogens is 4. The van der Waals surface area contributed by atoms with E-state index in [-0.39, 0.29) is 25.5 Å². The molecule has 1 amide bonds. The average Bonchev–Trinajstić information content (AvgIpc) is 3.05. The maximum Gasteiger partial charge on any atom is 0.322 e. The SMILES string of the molecule is COCCN(Cc1ccc(-c2noc(C(C)(F)F)n2)cc1)C(=O)C1CC1(F)F. The Morgan fingerprint density at radius 2 is 2.00 bits per heavy atom. The molecule has 0 N–H and O–H groups in total. The second-order valence-corrected chi connectivity index (χ2v) is 6.78. The van der Waals surface area contributed by atoms with Gasteiger partial charge in [0.25, 0.3) is 11.8 Å². The number of carbonyl (C=O) groups is 1. The number of carbonyl (C=O) groups excluding carboxylic acids is 1. The largest absolute Gasteiger partial charge is 0.383 e. The summed E-state index contributed by atoms with van der Waals surface area (Å²) in [7, 11) is 1.46.